The van der Waals surface area contributed by atoms with Gasteiger partial charge in [0, 0.05) is 12.7 Å². The molecule has 0 amide bonds. The smallest absolute Gasteiger partial charge is 0.386 e. The minimum absolute atomic E-state index is 0.151. The van der Waals surface area contributed by atoms with E-state index in [2.05, 4.69) is 39.8 Å². The Balaban J connectivity index is 2.23. The summed E-state index contributed by atoms with van der Waals surface area (Å²) in [6.45, 7) is 8.95. The zero-order chi connectivity index (χ0) is 12.0. The molecular formula is C12H23BO3. The number of hydrogen-bond acceptors (Lipinski definition) is 3. The molecule has 1 saturated heterocycles. The maximum Gasteiger partial charge on any atom is 0.640 e. The molecule has 1 unspecified atom stereocenters. The first-order valence-electron chi connectivity index (χ1n) is 6.13. The van der Waals surface area contributed by atoms with E-state index in [1.54, 1.807) is 0 Å². The summed E-state index contributed by atoms with van der Waals surface area (Å²) in [5.41, 5.74) is -0.151. The first kappa shape index (κ1) is 13.7. The molecule has 1 aliphatic heterocycles. The fourth-order valence-corrected chi connectivity index (χ4v) is 1.86. The van der Waals surface area contributed by atoms with Gasteiger partial charge in [0.1, 0.15) is 0 Å². The molecule has 0 N–H and O–H groups in total. The fraction of sp³-hybridized carbons (Fsp3) is 0.833. The van der Waals surface area contributed by atoms with Crippen molar-refractivity contribution in [2.45, 2.75) is 58.7 Å². The van der Waals surface area contributed by atoms with Crippen LogP contribution in [0.1, 0.15) is 47.0 Å². The van der Waals surface area contributed by atoms with Crippen LogP contribution in [0.4, 0.5) is 0 Å². The van der Waals surface area contributed by atoms with E-state index in [1.165, 1.54) is 0 Å². The Morgan fingerprint density at radius 3 is 2.81 bits per heavy atom. The summed E-state index contributed by atoms with van der Waals surface area (Å²) in [6, 6.07) is 0. The molecule has 92 valence electrons. The van der Waals surface area contributed by atoms with Crippen molar-refractivity contribution < 1.29 is 14.0 Å². The molecule has 0 radical (unpaired) electrons. The van der Waals surface area contributed by atoms with Crippen molar-refractivity contribution in [1.29, 1.82) is 0 Å². The van der Waals surface area contributed by atoms with Gasteiger partial charge in [-0.2, -0.15) is 0 Å². The Kier molecular flexibility index (Phi) is 5.52. The third-order valence-corrected chi connectivity index (χ3v) is 2.48. The molecule has 0 spiro atoms. The molecule has 1 rings (SSSR count). The number of hydrogen-bond donors (Lipinski definition) is 0. The van der Waals surface area contributed by atoms with Gasteiger partial charge in [-0.3, -0.25) is 0 Å². The van der Waals surface area contributed by atoms with E-state index >= 15 is 0 Å². The molecule has 1 atom stereocenters. The summed E-state index contributed by atoms with van der Waals surface area (Å²) in [5.74, 6) is 0. The van der Waals surface area contributed by atoms with E-state index in [1.807, 2.05) is 0 Å². The molecule has 0 aromatic rings. The van der Waals surface area contributed by atoms with Crippen LogP contribution in [0.15, 0.2) is 12.2 Å². The molecule has 4 heteroatoms. The van der Waals surface area contributed by atoms with Crippen LogP contribution in [0.25, 0.3) is 0 Å². The molecule has 0 bridgehead atoms. The van der Waals surface area contributed by atoms with Crippen molar-refractivity contribution in [1.82, 2.24) is 0 Å². The van der Waals surface area contributed by atoms with E-state index in [-0.39, 0.29) is 11.7 Å². The monoisotopic (exact) mass is 226 g/mol. The zero-order valence-electron chi connectivity index (χ0n) is 10.9. The van der Waals surface area contributed by atoms with E-state index < -0.39 is 7.32 Å². The second-order valence-electron chi connectivity index (χ2n) is 4.86. The lowest BCUT2D eigenvalue weighted by Crippen LogP contribution is -2.47. The molecule has 0 aromatic carbocycles. The highest BCUT2D eigenvalue weighted by Gasteiger charge is 2.38. The number of allylic oxidation sites excluding steroid dienone is 1. The van der Waals surface area contributed by atoms with Crippen LogP contribution in [-0.2, 0) is 14.0 Å². The maximum absolute atomic E-state index is 5.68. The van der Waals surface area contributed by atoms with E-state index in [0.29, 0.717) is 6.61 Å². The van der Waals surface area contributed by atoms with Gasteiger partial charge in [-0.25, -0.2) is 0 Å². The molecule has 0 saturated carbocycles. The van der Waals surface area contributed by atoms with Crippen molar-refractivity contribution in [2.75, 3.05) is 6.61 Å². The Bertz CT molecular complexity index is 228. The molecule has 3 nitrogen and oxygen atoms in total. The summed E-state index contributed by atoms with van der Waals surface area (Å²) in [6.07, 6.45) is 7.34. The van der Waals surface area contributed by atoms with E-state index in [4.69, 9.17) is 14.0 Å². The fourth-order valence-electron chi connectivity index (χ4n) is 1.86. The van der Waals surface area contributed by atoms with Gasteiger partial charge < -0.3 is 14.0 Å². The summed E-state index contributed by atoms with van der Waals surface area (Å²) in [7, 11) is -0.506. The first-order valence-corrected chi connectivity index (χ1v) is 6.13. The molecular weight excluding hydrogens is 203 g/mol. The minimum Gasteiger partial charge on any atom is -0.386 e. The summed E-state index contributed by atoms with van der Waals surface area (Å²) in [4.78, 5) is 0. The van der Waals surface area contributed by atoms with Gasteiger partial charge in [0.15, 0.2) is 0 Å². The lowest BCUT2D eigenvalue weighted by molar-refractivity contribution is -0.0685. The SMILES string of the molecule is CC/C=C\CCOB1OC(C)CC(C)(C)O1. The Morgan fingerprint density at radius 2 is 2.19 bits per heavy atom. The van der Waals surface area contributed by atoms with Gasteiger partial charge in [0.2, 0.25) is 0 Å². The molecule has 16 heavy (non-hydrogen) atoms. The largest absolute Gasteiger partial charge is 0.640 e. The van der Waals surface area contributed by atoms with Crippen molar-refractivity contribution in [3.05, 3.63) is 12.2 Å². The third kappa shape index (κ3) is 5.15. The second-order valence-corrected chi connectivity index (χ2v) is 4.86. The van der Waals surface area contributed by atoms with E-state index in [0.717, 1.165) is 19.3 Å². The predicted molar refractivity (Wildman–Crippen MR) is 66.1 cm³/mol. The summed E-state index contributed by atoms with van der Waals surface area (Å²) < 4.78 is 16.8. The zero-order valence-corrected chi connectivity index (χ0v) is 10.9. The molecule has 1 aliphatic rings. The van der Waals surface area contributed by atoms with Crippen LogP contribution in [0, 0.1) is 0 Å². The highest BCUT2D eigenvalue weighted by Crippen LogP contribution is 2.25. The Labute approximate surface area is 99.3 Å². The lowest BCUT2D eigenvalue weighted by atomic mass is 9.95. The van der Waals surface area contributed by atoms with Crippen LogP contribution in [0.3, 0.4) is 0 Å². The maximum atomic E-state index is 5.68. The average Bonchev–Trinajstić information content (AvgIpc) is 2.14. The predicted octanol–water partition coefficient (Wildman–Crippen LogP) is 2.95. The van der Waals surface area contributed by atoms with Crippen molar-refractivity contribution >= 4 is 7.32 Å². The second kappa shape index (κ2) is 6.43. The van der Waals surface area contributed by atoms with Crippen LogP contribution in [0.2, 0.25) is 0 Å². The third-order valence-electron chi connectivity index (χ3n) is 2.48. The standard InChI is InChI=1S/C12H23BO3/c1-5-6-7-8-9-14-13-15-11(2)10-12(3,4)16-13/h6-7,11H,5,8-10H2,1-4H3/b7-6-. The quantitative estimate of drug-likeness (QED) is 0.409. The van der Waals surface area contributed by atoms with Gasteiger partial charge >= 0.3 is 7.32 Å². The normalized spacial score (nSPS) is 25.2. The molecule has 0 aliphatic carbocycles. The van der Waals surface area contributed by atoms with Crippen molar-refractivity contribution in [2.24, 2.45) is 0 Å². The van der Waals surface area contributed by atoms with Crippen LogP contribution in [0.5, 0.6) is 0 Å². The molecule has 1 fully saturated rings. The highest BCUT2D eigenvalue weighted by atomic mass is 16.7. The topological polar surface area (TPSA) is 27.7 Å². The van der Waals surface area contributed by atoms with Crippen molar-refractivity contribution in [3.8, 4) is 0 Å². The molecule has 0 aromatic heterocycles. The summed E-state index contributed by atoms with van der Waals surface area (Å²) >= 11 is 0. The Morgan fingerprint density at radius 1 is 1.44 bits per heavy atom. The molecule has 1 heterocycles. The van der Waals surface area contributed by atoms with E-state index in [9.17, 15) is 0 Å². The number of rotatable bonds is 5. The van der Waals surface area contributed by atoms with Gasteiger partial charge in [-0.05, 0) is 40.0 Å². The van der Waals surface area contributed by atoms with Gasteiger partial charge in [0.05, 0.1) is 5.60 Å². The minimum atomic E-state index is -0.506. The first-order chi connectivity index (χ1) is 7.53. The van der Waals surface area contributed by atoms with Crippen molar-refractivity contribution in [3.63, 3.8) is 0 Å². The average molecular weight is 226 g/mol. The highest BCUT2D eigenvalue weighted by molar-refractivity contribution is 6.36. The van der Waals surface area contributed by atoms with Crippen LogP contribution < -0.4 is 0 Å². The van der Waals surface area contributed by atoms with Crippen LogP contribution >= 0.6 is 0 Å². The Hall–Kier alpha value is -0.315. The van der Waals surface area contributed by atoms with Crippen LogP contribution in [-0.4, -0.2) is 25.6 Å². The van der Waals surface area contributed by atoms with Gasteiger partial charge in [-0.15, -0.1) is 0 Å². The van der Waals surface area contributed by atoms with Gasteiger partial charge in [-0.1, -0.05) is 19.1 Å². The summed E-state index contributed by atoms with van der Waals surface area (Å²) in [5, 5.41) is 0. The lowest BCUT2D eigenvalue weighted by Gasteiger charge is -2.37. The van der Waals surface area contributed by atoms with Gasteiger partial charge in [0.25, 0.3) is 0 Å².